The molecule has 0 unspecified atom stereocenters. The van der Waals surface area contributed by atoms with Crippen molar-refractivity contribution in [2.24, 2.45) is 0 Å². The summed E-state index contributed by atoms with van der Waals surface area (Å²) < 4.78 is 23.8. The molecule has 2 heterocycles. The van der Waals surface area contributed by atoms with Crippen LogP contribution in [-0.4, -0.2) is 54.6 Å². The maximum Gasteiger partial charge on any atom is 0.494 e. The van der Waals surface area contributed by atoms with Crippen LogP contribution in [-0.2, 0) is 14.0 Å². The lowest BCUT2D eigenvalue weighted by Gasteiger charge is -2.38. The lowest BCUT2D eigenvalue weighted by molar-refractivity contribution is -0.0230. The van der Waals surface area contributed by atoms with E-state index in [9.17, 15) is 4.79 Å². The number of carbonyl (C=O) groups is 1. The summed E-state index contributed by atoms with van der Waals surface area (Å²) in [4.78, 5) is 14.4. The molecular formula is C23H36BNO5. The monoisotopic (exact) mass is 417 g/mol. The fraction of sp³-hybridized carbons (Fsp3) is 0.696. The normalized spacial score (nSPS) is 24.5. The Labute approximate surface area is 181 Å². The smallest absolute Gasteiger partial charge is 0.491 e. The molecule has 0 bridgehead atoms. The van der Waals surface area contributed by atoms with Crippen molar-refractivity contribution in [3.8, 4) is 5.75 Å². The van der Waals surface area contributed by atoms with Gasteiger partial charge in [0.15, 0.2) is 0 Å². The van der Waals surface area contributed by atoms with E-state index in [1.165, 1.54) is 0 Å². The molecule has 0 aromatic heterocycles. The zero-order valence-electron chi connectivity index (χ0n) is 19.3. The van der Waals surface area contributed by atoms with Gasteiger partial charge in [0.1, 0.15) is 18.0 Å². The first-order valence-corrected chi connectivity index (χ1v) is 11.1. The van der Waals surface area contributed by atoms with Crippen LogP contribution in [0.4, 0.5) is 4.79 Å². The van der Waals surface area contributed by atoms with Crippen LogP contribution >= 0.6 is 0 Å². The molecule has 166 valence electrons. The predicted octanol–water partition coefficient (Wildman–Crippen LogP) is 4.15. The van der Waals surface area contributed by atoms with Gasteiger partial charge in [0.05, 0.1) is 11.6 Å². The van der Waals surface area contributed by atoms with E-state index in [-0.39, 0.29) is 23.8 Å². The van der Waals surface area contributed by atoms with Gasteiger partial charge in [0.2, 0.25) is 0 Å². The van der Waals surface area contributed by atoms with E-state index in [1.54, 1.807) is 0 Å². The van der Waals surface area contributed by atoms with Crippen molar-refractivity contribution >= 4 is 18.7 Å². The molecule has 1 amide bonds. The van der Waals surface area contributed by atoms with E-state index in [0.29, 0.717) is 13.2 Å². The summed E-state index contributed by atoms with van der Waals surface area (Å²) in [6.45, 7) is 13.1. The van der Waals surface area contributed by atoms with Gasteiger partial charge in [-0.3, -0.25) is 0 Å². The number of benzene rings is 1. The fourth-order valence-electron chi connectivity index (χ4n) is 4.14. The van der Waals surface area contributed by atoms with E-state index in [4.69, 9.17) is 18.8 Å². The standard InChI is InChI=1S/C23H36BNO5/c1-17-15-23(5,6)30-24(29-17)18-10-9-12-20(14-18)27-16-19-11-7-8-13-25(19)21(26)28-22(2,3)4/h9-10,12,14,17,19H,7-8,11,13,15-16H2,1-6H3/t17-,19+/m1/s1. The van der Waals surface area contributed by atoms with E-state index in [1.807, 2.05) is 49.9 Å². The van der Waals surface area contributed by atoms with Crippen LogP contribution in [0.25, 0.3) is 0 Å². The Morgan fingerprint density at radius 3 is 2.77 bits per heavy atom. The van der Waals surface area contributed by atoms with Gasteiger partial charge in [-0.1, -0.05) is 12.1 Å². The molecule has 7 heteroatoms. The highest BCUT2D eigenvalue weighted by Crippen LogP contribution is 2.26. The van der Waals surface area contributed by atoms with Crippen molar-refractivity contribution in [3.05, 3.63) is 24.3 Å². The second-order valence-electron chi connectivity index (χ2n) is 10.1. The van der Waals surface area contributed by atoms with Crippen molar-refractivity contribution in [3.63, 3.8) is 0 Å². The number of piperidine rings is 1. The summed E-state index contributed by atoms with van der Waals surface area (Å²) in [6, 6.07) is 7.87. The first-order valence-electron chi connectivity index (χ1n) is 11.1. The summed E-state index contributed by atoms with van der Waals surface area (Å²) in [6.07, 6.45) is 3.73. The fourth-order valence-corrected chi connectivity index (χ4v) is 4.14. The number of likely N-dealkylation sites (tertiary alicyclic amines) is 1. The van der Waals surface area contributed by atoms with Crippen molar-refractivity contribution in [1.82, 2.24) is 4.90 Å². The molecule has 2 atom stereocenters. The molecule has 30 heavy (non-hydrogen) atoms. The SMILES string of the molecule is C[C@@H]1CC(C)(C)OB(c2cccc(OC[C@@H]3CCCCN3C(=O)OC(C)(C)C)c2)O1. The molecule has 2 saturated heterocycles. The van der Waals surface area contributed by atoms with Crippen LogP contribution in [0.15, 0.2) is 24.3 Å². The molecule has 1 aromatic carbocycles. The quantitative estimate of drug-likeness (QED) is 0.689. The third kappa shape index (κ3) is 6.38. The first-order chi connectivity index (χ1) is 14.0. The molecule has 0 radical (unpaired) electrons. The van der Waals surface area contributed by atoms with Crippen LogP contribution in [0.5, 0.6) is 5.75 Å². The Morgan fingerprint density at radius 1 is 1.30 bits per heavy atom. The number of nitrogens with zero attached hydrogens (tertiary/aromatic N) is 1. The molecule has 2 aliphatic heterocycles. The minimum Gasteiger partial charge on any atom is -0.491 e. The highest BCUT2D eigenvalue weighted by Gasteiger charge is 2.38. The second kappa shape index (κ2) is 9.19. The van der Waals surface area contributed by atoms with Gasteiger partial charge in [0, 0.05) is 12.6 Å². The lowest BCUT2D eigenvalue weighted by Crippen LogP contribution is -2.51. The predicted molar refractivity (Wildman–Crippen MR) is 118 cm³/mol. The van der Waals surface area contributed by atoms with Crippen LogP contribution in [0.1, 0.15) is 67.2 Å². The van der Waals surface area contributed by atoms with Gasteiger partial charge in [-0.15, -0.1) is 0 Å². The summed E-state index contributed by atoms with van der Waals surface area (Å²) >= 11 is 0. The lowest BCUT2D eigenvalue weighted by atomic mass is 9.75. The molecule has 0 N–H and O–H groups in total. The molecule has 2 fully saturated rings. The molecule has 0 saturated carbocycles. The second-order valence-corrected chi connectivity index (χ2v) is 10.1. The molecule has 6 nitrogen and oxygen atoms in total. The van der Waals surface area contributed by atoms with Crippen LogP contribution < -0.4 is 10.2 Å². The van der Waals surface area contributed by atoms with Gasteiger partial charge in [-0.2, -0.15) is 0 Å². The third-order valence-electron chi connectivity index (χ3n) is 5.39. The Bertz CT molecular complexity index is 733. The summed E-state index contributed by atoms with van der Waals surface area (Å²) in [5.74, 6) is 0.755. The summed E-state index contributed by atoms with van der Waals surface area (Å²) in [5.41, 5.74) is 0.216. The Hall–Kier alpha value is -1.73. The molecular weight excluding hydrogens is 381 g/mol. The number of hydrogen-bond donors (Lipinski definition) is 0. The minimum absolute atomic E-state index is 0.0124. The van der Waals surface area contributed by atoms with Crippen molar-refractivity contribution in [2.45, 2.75) is 90.6 Å². The maximum atomic E-state index is 12.6. The average molecular weight is 417 g/mol. The highest BCUT2D eigenvalue weighted by molar-refractivity contribution is 6.61. The topological polar surface area (TPSA) is 57.2 Å². The molecule has 0 spiro atoms. The zero-order chi connectivity index (χ0) is 21.9. The van der Waals surface area contributed by atoms with Gasteiger partial charge < -0.3 is 23.7 Å². The Balaban J connectivity index is 1.63. The van der Waals surface area contributed by atoms with E-state index in [0.717, 1.165) is 36.9 Å². The van der Waals surface area contributed by atoms with E-state index < -0.39 is 12.7 Å². The molecule has 2 aliphatic rings. The van der Waals surface area contributed by atoms with Gasteiger partial charge in [0.25, 0.3) is 0 Å². The average Bonchev–Trinajstić information content (AvgIpc) is 2.64. The van der Waals surface area contributed by atoms with Crippen molar-refractivity contribution in [1.29, 1.82) is 0 Å². The molecule has 0 aliphatic carbocycles. The zero-order valence-corrected chi connectivity index (χ0v) is 19.3. The number of hydrogen-bond acceptors (Lipinski definition) is 5. The summed E-state index contributed by atoms with van der Waals surface area (Å²) in [5, 5.41) is 0. The third-order valence-corrected chi connectivity index (χ3v) is 5.39. The minimum atomic E-state index is -0.501. The largest absolute Gasteiger partial charge is 0.494 e. The van der Waals surface area contributed by atoms with Gasteiger partial charge >= 0.3 is 13.2 Å². The van der Waals surface area contributed by atoms with Crippen molar-refractivity contribution in [2.75, 3.05) is 13.2 Å². The van der Waals surface area contributed by atoms with Crippen LogP contribution in [0.2, 0.25) is 0 Å². The Morgan fingerprint density at radius 2 is 2.07 bits per heavy atom. The summed E-state index contributed by atoms with van der Waals surface area (Å²) in [7, 11) is -0.403. The number of rotatable bonds is 4. The highest BCUT2D eigenvalue weighted by atomic mass is 16.6. The molecule has 3 rings (SSSR count). The van der Waals surface area contributed by atoms with Crippen molar-refractivity contribution < 1.29 is 23.6 Å². The van der Waals surface area contributed by atoms with Crippen LogP contribution in [0.3, 0.4) is 0 Å². The number of ether oxygens (including phenoxy) is 2. The van der Waals surface area contributed by atoms with Gasteiger partial charge in [-0.25, -0.2) is 4.79 Å². The molecule has 1 aromatic rings. The van der Waals surface area contributed by atoms with E-state index in [2.05, 4.69) is 20.8 Å². The van der Waals surface area contributed by atoms with Gasteiger partial charge in [-0.05, 0) is 84.8 Å². The number of amides is 1. The van der Waals surface area contributed by atoms with E-state index >= 15 is 0 Å². The van der Waals surface area contributed by atoms with Crippen LogP contribution in [0, 0.1) is 0 Å². The number of carbonyl (C=O) groups excluding carboxylic acids is 1. The first kappa shape index (κ1) is 22.9. The maximum absolute atomic E-state index is 12.6. The Kier molecular flexibility index (Phi) is 7.03.